The zero-order valence-electron chi connectivity index (χ0n) is 17.3. The second-order valence-electron chi connectivity index (χ2n) is 7.12. The van der Waals surface area contributed by atoms with Crippen molar-refractivity contribution in [1.29, 1.82) is 0 Å². The molecule has 0 aromatic heterocycles. The first kappa shape index (κ1) is 24.4. The average Bonchev–Trinajstić information content (AvgIpc) is 2.77. The first-order valence-corrected chi connectivity index (χ1v) is 9.88. The minimum absolute atomic E-state index is 0.0409. The van der Waals surface area contributed by atoms with Crippen molar-refractivity contribution in [3.05, 3.63) is 65.7 Å². The van der Waals surface area contributed by atoms with Crippen molar-refractivity contribution >= 4 is 23.7 Å². The molecule has 2 aromatic carbocycles. The molecule has 10 heteroatoms. The summed E-state index contributed by atoms with van der Waals surface area (Å²) in [4.78, 5) is 47.6. The third-order valence-corrected chi connectivity index (χ3v) is 4.50. The van der Waals surface area contributed by atoms with E-state index in [1.54, 1.807) is 12.1 Å². The lowest BCUT2D eigenvalue weighted by atomic mass is 10.0. The predicted molar refractivity (Wildman–Crippen MR) is 116 cm³/mol. The van der Waals surface area contributed by atoms with Gasteiger partial charge < -0.3 is 31.9 Å². The van der Waals surface area contributed by atoms with Crippen LogP contribution in [0.5, 0.6) is 5.75 Å². The third kappa shape index (κ3) is 8.44. The van der Waals surface area contributed by atoms with Crippen LogP contribution in [0.25, 0.3) is 0 Å². The number of amides is 3. The monoisotopic (exact) mass is 442 g/mol. The molecule has 0 saturated heterocycles. The Morgan fingerprint density at radius 2 is 1.41 bits per heavy atom. The van der Waals surface area contributed by atoms with Gasteiger partial charge in [0.2, 0.25) is 17.7 Å². The number of nitrogens with two attached hydrogens (primary N) is 1. The fourth-order valence-electron chi connectivity index (χ4n) is 2.87. The van der Waals surface area contributed by atoms with Crippen molar-refractivity contribution in [2.45, 2.75) is 24.9 Å². The van der Waals surface area contributed by atoms with E-state index in [1.165, 1.54) is 12.1 Å². The van der Waals surface area contributed by atoms with Gasteiger partial charge in [0.05, 0.1) is 12.6 Å². The summed E-state index contributed by atoms with van der Waals surface area (Å²) in [6, 6.07) is 13.3. The van der Waals surface area contributed by atoms with E-state index in [0.29, 0.717) is 12.0 Å². The number of carbonyl (C=O) groups is 4. The molecule has 32 heavy (non-hydrogen) atoms. The third-order valence-electron chi connectivity index (χ3n) is 4.50. The number of carboxylic acids is 1. The lowest BCUT2D eigenvalue weighted by Crippen LogP contribution is -2.52. The van der Waals surface area contributed by atoms with Crippen LogP contribution in [-0.4, -0.2) is 59.1 Å². The van der Waals surface area contributed by atoms with Gasteiger partial charge in [0, 0.05) is 6.42 Å². The molecule has 2 aromatic rings. The molecule has 0 aliphatic rings. The van der Waals surface area contributed by atoms with Crippen molar-refractivity contribution in [3.8, 4) is 5.75 Å². The summed E-state index contributed by atoms with van der Waals surface area (Å²) in [5.41, 5.74) is 7.39. The molecule has 170 valence electrons. The lowest BCUT2D eigenvalue weighted by Gasteiger charge is -2.19. The van der Waals surface area contributed by atoms with Crippen LogP contribution in [-0.2, 0) is 32.0 Å². The minimum atomic E-state index is -1.23. The first-order valence-electron chi connectivity index (χ1n) is 9.88. The van der Waals surface area contributed by atoms with E-state index in [2.05, 4.69) is 16.0 Å². The van der Waals surface area contributed by atoms with E-state index in [9.17, 15) is 24.3 Å². The molecule has 0 spiro atoms. The zero-order chi connectivity index (χ0) is 23.5. The van der Waals surface area contributed by atoms with Crippen molar-refractivity contribution in [3.63, 3.8) is 0 Å². The maximum atomic E-state index is 12.4. The highest BCUT2D eigenvalue weighted by molar-refractivity contribution is 5.92. The highest BCUT2D eigenvalue weighted by Crippen LogP contribution is 2.11. The van der Waals surface area contributed by atoms with E-state index in [1.807, 2.05) is 30.3 Å². The summed E-state index contributed by atoms with van der Waals surface area (Å²) in [7, 11) is 0. The molecule has 0 saturated carbocycles. The maximum Gasteiger partial charge on any atom is 0.322 e. The van der Waals surface area contributed by atoms with Gasteiger partial charge >= 0.3 is 5.97 Å². The maximum absolute atomic E-state index is 12.4. The number of hydrogen-bond donors (Lipinski definition) is 6. The van der Waals surface area contributed by atoms with Gasteiger partial charge in [-0.2, -0.15) is 0 Å². The molecular formula is C22H26N4O6. The van der Waals surface area contributed by atoms with Gasteiger partial charge in [-0.15, -0.1) is 0 Å². The van der Waals surface area contributed by atoms with Crippen LogP contribution >= 0.6 is 0 Å². The normalized spacial score (nSPS) is 12.3. The summed E-state index contributed by atoms with van der Waals surface area (Å²) < 4.78 is 0. The van der Waals surface area contributed by atoms with Gasteiger partial charge in [0.15, 0.2) is 0 Å². The summed E-state index contributed by atoms with van der Waals surface area (Å²) in [6.45, 7) is -1.01. The van der Waals surface area contributed by atoms with Crippen LogP contribution in [0.1, 0.15) is 11.1 Å². The van der Waals surface area contributed by atoms with Gasteiger partial charge in [-0.1, -0.05) is 42.5 Å². The molecule has 0 radical (unpaired) electrons. The molecule has 0 aliphatic heterocycles. The quantitative estimate of drug-likeness (QED) is 0.267. The Morgan fingerprint density at radius 3 is 2.03 bits per heavy atom. The number of carboxylic acid groups (broad SMARTS) is 1. The molecule has 2 unspecified atom stereocenters. The standard InChI is InChI=1S/C22H26N4O6/c23-17(10-14-4-2-1-3-5-14)21(31)24-12-19(28)26-18(22(32)25-13-20(29)30)11-15-6-8-16(27)9-7-15/h1-9,17-18,27H,10-13,23H2,(H,24,31)(H,25,32)(H,26,28)(H,29,30). The van der Waals surface area contributed by atoms with E-state index < -0.39 is 48.9 Å². The number of aromatic hydroxyl groups is 1. The van der Waals surface area contributed by atoms with Crippen molar-refractivity contribution in [2.24, 2.45) is 5.73 Å². The Morgan fingerprint density at radius 1 is 0.812 bits per heavy atom. The molecule has 2 atom stereocenters. The molecule has 3 amide bonds. The molecular weight excluding hydrogens is 416 g/mol. The van der Waals surface area contributed by atoms with Crippen LogP contribution in [0.3, 0.4) is 0 Å². The Labute approximate surface area is 184 Å². The summed E-state index contributed by atoms with van der Waals surface area (Å²) >= 11 is 0. The van der Waals surface area contributed by atoms with Crippen molar-refractivity contribution < 1.29 is 29.4 Å². The number of phenolic OH excluding ortho intramolecular Hbond substituents is 1. The SMILES string of the molecule is NC(Cc1ccccc1)C(=O)NCC(=O)NC(Cc1ccc(O)cc1)C(=O)NCC(=O)O. The van der Waals surface area contributed by atoms with E-state index >= 15 is 0 Å². The summed E-state index contributed by atoms with van der Waals surface area (Å²) in [5, 5.41) is 25.3. The van der Waals surface area contributed by atoms with Crippen LogP contribution < -0.4 is 21.7 Å². The van der Waals surface area contributed by atoms with Gasteiger partial charge in [-0.05, 0) is 29.7 Å². The number of benzene rings is 2. The van der Waals surface area contributed by atoms with Crippen LogP contribution in [0, 0.1) is 0 Å². The average molecular weight is 442 g/mol. The number of rotatable bonds is 11. The molecule has 10 nitrogen and oxygen atoms in total. The Hall–Kier alpha value is -3.92. The van der Waals surface area contributed by atoms with Gasteiger partial charge in [-0.25, -0.2) is 0 Å². The molecule has 0 fully saturated rings. The van der Waals surface area contributed by atoms with E-state index in [0.717, 1.165) is 5.56 Å². The second-order valence-corrected chi connectivity index (χ2v) is 7.12. The van der Waals surface area contributed by atoms with Crippen LogP contribution in [0.15, 0.2) is 54.6 Å². The first-order chi connectivity index (χ1) is 15.2. The fraction of sp³-hybridized carbons (Fsp3) is 0.273. The number of carbonyl (C=O) groups excluding carboxylic acids is 3. The lowest BCUT2D eigenvalue weighted by molar-refractivity contribution is -0.138. The minimum Gasteiger partial charge on any atom is -0.508 e. The van der Waals surface area contributed by atoms with E-state index in [4.69, 9.17) is 10.8 Å². The number of hydrogen-bond acceptors (Lipinski definition) is 6. The molecule has 0 bridgehead atoms. The fourth-order valence-corrected chi connectivity index (χ4v) is 2.87. The predicted octanol–water partition coefficient (Wildman–Crippen LogP) is -0.693. The Kier molecular flexibility index (Phi) is 9.18. The molecule has 0 aliphatic carbocycles. The molecule has 2 rings (SSSR count). The van der Waals surface area contributed by atoms with Gasteiger partial charge in [-0.3, -0.25) is 19.2 Å². The Balaban J connectivity index is 1.92. The van der Waals surface area contributed by atoms with Crippen molar-refractivity contribution in [2.75, 3.05) is 13.1 Å². The van der Waals surface area contributed by atoms with Gasteiger partial charge in [0.1, 0.15) is 18.3 Å². The second kappa shape index (κ2) is 12.1. The van der Waals surface area contributed by atoms with Crippen LogP contribution in [0.4, 0.5) is 0 Å². The topological polar surface area (TPSA) is 171 Å². The summed E-state index contributed by atoms with van der Waals surface area (Å²) in [5.74, 6) is -3.04. The largest absolute Gasteiger partial charge is 0.508 e. The molecule has 0 heterocycles. The van der Waals surface area contributed by atoms with Crippen LogP contribution in [0.2, 0.25) is 0 Å². The molecule has 7 N–H and O–H groups in total. The van der Waals surface area contributed by atoms with E-state index in [-0.39, 0.29) is 12.2 Å². The smallest absolute Gasteiger partial charge is 0.322 e. The number of nitrogens with one attached hydrogen (secondary N) is 3. The zero-order valence-corrected chi connectivity index (χ0v) is 17.3. The number of aliphatic carboxylic acids is 1. The van der Waals surface area contributed by atoms with Crippen molar-refractivity contribution in [1.82, 2.24) is 16.0 Å². The Bertz CT molecular complexity index is 933. The highest BCUT2D eigenvalue weighted by Gasteiger charge is 2.22. The highest BCUT2D eigenvalue weighted by atomic mass is 16.4. The number of phenols is 1. The van der Waals surface area contributed by atoms with Gasteiger partial charge in [0.25, 0.3) is 0 Å². The summed E-state index contributed by atoms with van der Waals surface area (Å²) in [6.07, 6.45) is 0.355.